The number of aryl methyl sites for hydroxylation is 1. The van der Waals surface area contributed by atoms with Crippen LogP contribution < -0.4 is 11.1 Å². The highest BCUT2D eigenvalue weighted by molar-refractivity contribution is 5.81. The van der Waals surface area contributed by atoms with Crippen LogP contribution in [0.2, 0.25) is 0 Å². The lowest BCUT2D eigenvalue weighted by Crippen LogP contribution is -2.44. The van der Waals surface area contributed by atoms with Crippen LogP contribution in [0.3, 0.4) is 0 Å². The van der Waals surface area contributed by atoms with E-state index in [1.54, 1.807) is 27.0 Å². The molecule has 0 aliphatic heterocycles. The summed E-state index contributed by atoms with van der Waals surface area (Å²) in [7, 11) is 1.28. The maximum atomic E-state index is 11.8. The molecule has 0 spiro atoms. The number of nitrogens with two attached hydrogens (primary N) is 1. The van der Waals surface area contributed by atoms with Gasteiger partial charge in [-0.3, -0.25) is 0 Å². The van der Waals surface area contributed by atoms with Gasteiger partial charge >= 0.3 is 12.1 Å². The number of carbonyl (C=O) groups is 2. The molecule has 7 nitrogen and oxygen atoms in total. The summed E-state index contributed by atoms with van der Waals surface area (Å²) in [5, 5.41) is 2.54. The minimum absolute atomic E-state index is 0.417. The number of carbonyl (C=O) groups excluding carboxylic acids is 2. The first kappa shape index (κ1) is 18.7. The van der Waals surface area contributed by atoms with Crippen molar-refractivity contribution in [3.05, 3.63) is 23.9 Å². The molecular weight excluding hydrogens is 298 g/mol. The molecule has 0 saturated heterocycles. The van der Waals surface area contributed by atoms with Crippen molar-refractivity contribution < 1.29 is 19.1 Å². The normalized spacial score (nSPS) is 12.3. The average Bonchev–Trinajstić information content (AvgIpc) is 2.45. The van der Waals surface area contributed by atoms with Crippen LogP contribution in [0, 0.1) is 0 Å². The van der Waals surface area contributed by atoms with Gasteiger partial charge in [0.1, 0.15) is 17.5 Å². The van der Waals surface area contributed by atoms with E-state index in [9.17, 15) is 9.59 Å². The molecule has 0 bridgehead atoms. The van der Waals surface area contributed by atoms with Gasteiger partial charge in [-0.25, -0.2) is 14.6 Å². The average molecular weight is 323 g/mol. The van der Waals surface area contributed by atoms with Gasteiger partial charge in [0, 0.05) is 6.20 Å². The van der Waals surface area contributed by atoms with Crippen LogP contribution in [-0.4, -0.2) is 35.8 Å². The third-order valence-corrected chi connectivity index (χ3v) is 3.04. The molecular formula is C16H25N3O4. The molecule has 1 amide bonds. The molecule has 1 aromatic rings. The maximum Gasteiger partial charge on any atom is 0.408 e. The highest BCUT2D eigenvalue weighted by atomic mass is 16.6. The number of amides is 1. The Balaban J connectivity index is 2.57. The zero-order chi connectivity index (χ0) is 17.5. The molecule has 128 valence electrons. The first-order chi connectivity index (χ1) is 10.7. The Hall–Kier alpha value is -2.31. The monoisotopic (exact) mass is 323 g/mol. The Bertz CT molecular complexity index is 540. The topological polar surface area (TPSA) is 104 Å². The summed E-state index contributed by atoms with van der Waals surface area (Å²) < 4.78 is 9.88. The van der Waals surface area contributed by atoms with E-state index < -0.39 is 23.7 Å². The van der Waals surface area contributed by atoms with Crippen molar-refractivity contribution in [1.29, 1.82) is 0 Å². The summed E-state index contributed by atoms with van der Waals surface area (Å²) in [6.07, 6.45) is 2.70. The van der Waals surface area contributed by atoms with E-state index in [1.165, 1.54) is 7.11 Å². The van der Waals surface area contributed by atoms with Crippen molar-refractivity contribution in [3.8, 4) is 0 Å². The van der Waals surface area contributed by atoms with E-state index >= 15 is 0 Å². The fourth-order valence-electron chi connectivity index (χ4n) is 2.00. The van der Waals surface area contributed by atoms with Gasteiger partial charge in [-0.1, -0.05) is 6.07 Å². The number of nitrogens with zero attached hydrogens (tertiary/aromatic N) is 1. The summed E-state index contributed by atoms with van der Waals surface area (Å²) >= 11 is 0. The van der Waals surface area contributed by atoms with Gasteiger partial charge in [0.15, 0.2) is 0 Å². The van der Waals surface area contributed by atoms with E-state index in [1.807, 2.05) is 12.1 Å². The molecule has 3 N–H and O–H groups in total. The molecule has 0 fully saturated rings. The first-order valence-corrected chi connectivity index (χ1v) is 7.49. The number of ether oxygens (including phenoxy) is 2. The molecule has 1 rings (SSSR count). The van der Waals surface area contributed by atoms with Crippen LogP contribution in [0.25, 0.3) is 0 Å². The Labute approximate surface area is 136 Å². The van der Waals surface area contributed by atoms with E-state index in [2.05, 4.69) is 10.3 Å². The van der Waals surface area contributed by atoms with Gasteiger partial charge < -0.3 is 20.5 Å². The fourth-order valence-corrected chi connectivity index (χ4v) is 2.00. The lowest BCUT2D eigenvalue weighted by Gasteiger charge is -2.22. The number of esters is 1. The Morgan fingerprint density at radius 3 is 2.65 bits per heavy atom. The predicted octanol–water partition coefficient (Wildman–Crippen LogP) is 2.05. The standard InChI is InChI=1S/C16H25N3O4/c1-16(2,3)23-15(21)19-12(14(20)22-4)9-5-7-11-8-6-10-18-13(11)17/h6,8,10,12H,5,7,9H2,1-4H3,(H2,17,18)(H,19,21)/t12-/m0/s1. The van der Waals surface area contributed by atoms with Crippen molar-refractivity contribution in [2.45, 2.75) is 51.7 Å². The molecule has 1 aromatic heterocycles. The number of nitrogen functional groups attached to an aromatic ring is 1. The molecule has 0 aliphatic rings. The maximum absolute atomic E-state index is 11.8. The number of pyridine rings is 1. The molecule has 0 aromatic carbocycles. The number of hydrogen-bond donors (Lipinski definition) is 2. The number of rotatable bonds is 6. The Morgan fingerprint density at radius 1 is 1.39 bits per heavy atom. The molecule has 7 heteroatoms. The second-order valence-corrected chi connectivity index (χ2v) is 6.16. The zero-order valence-corrected chi connectivity index (χ0v) is 14.1. The molecule has 1 heterocycles. The van der Waals surface area contributed by atoms with E-state index in [-0.39, 0.29) is 0 Å². The molecule has 0 aliphatic carbocycles. The highest BCUT2D eigenvalue weighted by Gasteiger charge is 2.24. The van der Waals surface area contributed by atoms with Crippen molar-refractivity contribution in [3.63, 3.8) is 0 Å². The van der Waals surface area contributed by atoms with Crippen LogP contribution in [0.4, 0.5) is 10.6 Å². The second kappa shape index (κ2) is 8.36. The van der Waals surface area contributed by atoms with Crippen LogP contribution in [0.15, 0.2) is 18.3 Å². The number of anilines is 1. The lowest BCUT2D eigenvalue weighted by atomic mass is 10.1. The van der Waals surface area contributed by atoms with Crippen LogP contribution in [0.5, 0.6) is 0 Å². The van der Waals surface area contributed by atoms with Crippen molar-refractivity contribution in [2.75, 3.05) is 12.8 Å². The van der Waals surface area contributed by atoms with Crippen molar-refractivity contribution in [2.24, 2.45) is 0 Å². The van der Waals surface area contributed by atoms with Crippen molar-refractivity contribution >= 4 is 17.9 Å². The summed E-state index contributed by atoms with van der Waals surface area (Å²) in [5.41, 5.74) is 6.06. The van der Waals surface area contributed by atoms with Gasteiger partial charge in [0.2, 0.25) is 0 Å². The molecule has 0 saturated carbocycles. The van der Waals surface area contributed by atoms with Crippen LogP contribution in [0.1, 0.15) is 39.2 Å². The van der Waals surface area contributed by atoms with E-state index in [4.69, 9.17) is 15.2 Å². The zero-order valence-electron chi connectivity index (χ0n) is 14.1. The highest BCUT2D eigenvalue weighted by Crippen LogP contribution is 2.13. The summed E-state index contributed by atoms with van der Waals surface area (Å²) in [5.74, 6) is -0.0303. The molecule has 1 atom stereocenters. The summed E-state index contributed by atoms with van der Waals surface area (Å²) in [4.78, 5) is 27.6. The van der Waals surface area contributed by atoms with Crippen LogP contribution >= 0.6 is 0 Å². The second-order valence-electron chi connectivity index (χ2n) is 6.16. The first-order valence-electron chi connectivity index (χ1n) is 7.49. The third-order valence-electron chi connectivity index (χ3n) is 3.04. The van der Waals surface area contributed by atoms with Crippen molar-refractivity contribution in [1.82, 2.24) is 10.3 Å². The van der Waals surface area contributed by atoms with Crippen LogP contribution in [-0.2, 0) is 20.7 Å². The van der Waals surface area contributed by atoms with Gasteiger partial charge in [0.05, 0.1) is 7.11 Å². The lowest BCUT2D eigenvalue weighted by molar-refractivity contribution is -0.143. The minimum atomic E-state index is -0.757. The van der Waals surface area contributed by atoms with Gasteiger partial charge in [0.25, 0.3) is 0 Å². The smallest absolute Gasteiger partial charge is 0.408 e. The molecule has 0 unspecified atom stereocenters. The van der Waals surface area contributed by atoms with E-state index in [0.29, 0.717) is 25.1 Å². The Kier molecular flexibility index (Phi) is 6.81. The number of alkyl carbamates (subject to hydrolysis) is 1. The quantitative estimate of drug-likeness (QED) is 0.777. The molecule has 0 radical (unpaired) electrons. The number of aromatic nitrogens is 1. The summed E-state index contributed by atoms with van der Waals surface area (Å²) in [6, 6.07) is 2.94. The van der Waals surface area contributed by atoms with Gasteiger partial charge in [-0.15, -0.1) is 0 Å². The number of hydrogen-bond acceptors (Lipinski definition) is 6. The SMILES string of the molecule is COC(=O)[C@H](CCCc1cccnc1N)NC(=O)OC(C)(C)C. The molecule has 23 heavy (non-hydrogen) atoms. The van der Waals surface area contributed by atoms with E-state index in [0.717, 1.165) is 5.56 Å². The number of methoxy groups -OCH3 is 1. The fraction of sp³-hybridized carbons (Fsp3) is 0.562. The predicted molar refractivity (Wildman–Crippen MR) is 86.8 cm³/mol. The summed E-state index contributed by atoms with van der Waals surface area (Å²) in [6.45, 7) is 5.26. The third kappa shape index (κ3) is 6.99. The minimum Gasteiger partial charge on any atom is -0.467 e. The van der Waals surface area contributed by atoms with Gasteiger partial charge in [-0.05, 0) is 51.7 Å². The Morgan fingerprint density at radius 2 is 2.09 bits per heavy atom. The number of nitrogens with one attached hydrogen (secondary N) is 1. The van der Waals surface area contributed by atoms with Gasteiger partial charge in [-0.2, -0.15) is 0 Å². The largest absolute Gasteiger partial charge is 0.467 e.